The van der Waals surface area contributed by atoms with Gasteiger partial charge in [0.15, 0.2) is 0 Å². The first-order valence-corrected chi connectivity index (χ1v) is 7.92. The highest BCUT2D eigenvalue weighted by molar-refractivity contribution is 9.10. The molecule has 0 spiro atoms. The van der Waals surface area contributed by atoms with Crippen molar-refractivity contribution in [3.63, 3.8) is 0 Å². The Bertz CT molecular complexity index is 394. The molecule has 0 radical (unpaired) electrons. The molecular formula is C14H22BrNS. The van der Waals surface area contributed by atoms with Crippen molar-refractivity contribution in [1.29, 1.82) is 0 Å². The van der Waals surface area contributed by atoms with Crippen LogP contribution in [-0.4, -0.2) is 6.54 Å². The van der Waals surface area contributed by atoms with Crippen LogP contribution in [0.1, 0.15) is 45.5 Å². The van der Waals surface area contributed by atoms with E-state index in [-0.39, 0.29) is 0 Å². The predicted octanol–water partition coefficient (Wildman–Crippen LogP) is 4.84. The Hall–Kier alpha value is 0.140. The molecule has 1 aromatic rings. The second-order valence-corrected chi connectivity index (χ2v) is 8.06. The molecular weight excluding hydrogens is 294 g/mol. The zero-order valence-electron chi connectivity index (χ0n) is 11.3. The van der Waals surface area contributed by atoms with Gasteiger partial charge in [0.1, 0.15) is 0 Å². The van der Waals surface area contributed by atoms with Gasteiger partial charge in [0.25, 0.3) is 0 Å². The van der Waals surface area contributed by atoms with Gasteiger partial charge in [0.2, 0.25) is 0 Å². The van der Waals surface area contributed by atoms with Crippen LogP contribution in [-0.2, 0) is 0 Å². The van der Waals surface area contributed by atoms with E-state index in [0.29, 0.717) is 16.9 Å². The largest absolute Gasteiger partial charge is 0.309 e. The smallest absolute Gasteiger partial charge is 0.0397 e. The molecule has 1 heterocycles. The van der Waals surface area contributed by atoms with Crippen molar-refractivity contribution >= 4 is 27.3 Å². The van der Waals surface area contributed by atoms with E-state index < -0.39 is 0 Å². The molecule has 1 aliphatic carbocycles. The van der Waals surface area contributed by atoms with Crippen LogP contribution in [0, 0.1) is 16.7 Å². The van der Waals surface area contributed by atoms with Crippen molar-refractivity contribution in [2.45, 2.75) is 40.7 Å². The van der Waals surface area contributed by atoms with Gasteiger partial charge in [0, 0.05) is 15.4 Å². The van der Waals surface area contributed by atoms with Crippen LogP contribution in [0.25, 0.3) is 0 Å². The first-order valence-electron chi connectivity index (χ1n) is 6.24. The highest BCUT2D eigenvalue weighted by Crippen LogP contribution is 2.68. The van der Waals surface area contributed by atoms with Crippen LogP contribution < -0.4 is 5.32 Å². The second kappa shape index (κ2) is 4.36. The summed E-state index contributed by atoms with van der Waals surface area (Å²) in [6.45, 7) is 12.9. The average Bonchev–Trinajstić information content (AvgIpc) is 2.55. The average molecular weight is 316 g/mol. The van der Waals surface area contributed by atoms with Gasteiger partial charge in [-0.3, -0.25) is 0 Å². The summed E-state index contributed by atoms with van der Waals surface area (Å²) in [6.07, 6.45) is 0. The van der Waals surface area contributed by atoms with Gasteiger partial charge in [-0.05, 0) is 57.6 Å². The molecule has 3 heteroatoms. The lowest BCUT2D eigenvalue weighted by atomic mass is 10.0. The Balaban J connectivity index is 1.91. The second-order valence-electron chi connectivity index (χ2n) is 6.26. The zero-order valence-corrected chi connectivity index (χ0v) is 13.7. The third kappa shape index (κ3) is 2.22. The summed E-state index contributed by atoms with van der Waals surface area (Å²) in [6, 6.07) is 2.57. The fourth-order valence-corrected chi connectivity index (χ4v) is 4.59. The monoisotopic (exact) mass is 315 g/mol. The molecule has 1 nitrogen and oxygen atoms in total. The lowest BCUT2D eigenvalue weighted by Gasteiger charge is -2.13. The Morgan fingerprint density at radius 2 is 1.94 bits per heavy atom. The fraction of sp³-hybridized carbons (Fsp3) is 0.714. The van der Waals surface area contributed by atoms with E-state index in [4.69, 9.17) is 0 Å². The molecule has 0 bridgehead atoms. The lowest BCUT2D eigenvalue weighted by molar-refractivity contribution is 0.457. The van der Waals surface area contributed by atoms with Crippen LogP contribution in [0.2, 0.25) is 0 Å². The van der Waals surface area contributed by atoms with Crippen molar-refractivity contribution in [1.82, 2.24) is 5.32 Å². The van der Waals surface area contributed by atoms with Crippen molar-refractivity contribution in [3.05, 3.63) is 20.8 Å². The van der Waals surface area contributed by atoms with Gasteiger partial charge in [-0.2, -0.15) is 0 Å². The third-order valence-corrected chi connectivity index (χ3v) is 7.04. The summed E-state index contributed by atoms with van der Waals surface area (Å²) >= 11 is 5.42. The summed E-state index contributed by atoms with van der Waals surface area (Å²) < 4.78 is 1.23. The summed E-state index contributed by atoms with van der Waals surface area (Å²) in [7, 11) is 0. The summed E-state index contributed by atoms with van der Waals surface area (Å²) in [5.41, 5.74) is 0.957. The Morgan fingerprint density at radius 3 is 2.35 bits per heavy atom. The van der Waals surface area contributed by atoms with Gasteiger partial charge in [0.05, 0.1) is 0 Å². The van der Waals surface area contributed by atoms with Crippen LogP contribution in [0.5, 0.6) is 0 Å². The van der Waals surface area contributed by atoms with Gasteiger partial charge >= 0.3 is 0 Å². The Morgan fingerprint density at radius 1 is 1.35 bits per heavy atom. The number of rotatable bonds is 4. The van der Waals surface area contributed by atoms with Crippen molar-refractivity contribution in [2.75, 3.05) is 6.54 Å². The van der Waals surface area contributed by atoms with E-state index in [0.717, 1.165) is 12.5 Å². The van der Waals surface area contributed by atoms with Gasteiger partial charge in [-0.1, -0.05) is 27.7 Å². The maximum atomic E-state index is 3.68. The molecule has 1 N–H and O–H groups in total. The molecule has 0 saturated heterocycles. The topological polar surface area (TPSA) is 12.0 Å². The lowest BCUT2D eigenvalue weighted by Crippen LogP contribution is -2.22. The summed E-state index contributed by atoms with van der Waals surface area (Å²) in [4.78, 5) is 1.40. The third-order valence-electron chi connectivity index (χ3n) is 4.99. The molecule has 1 unspecified atom stereocenters. The normalized spacial score (nSPS) is 23.6. The highest BCUT2D eigenvalue weighted by atomic mass is 79.9. The first kappa shape index (κ1) is 13.6. The molecule has 1 atom stereocenters. The van der Waals surface area contributed by atoms with E-state index in [9.17, 15) is 0 Å². The van der Waals surface area contributed by atoms with Crippen LogP contribution in [0.15, 0.2) is 15.9 Å². The van der Waals surface area contributed by atoms with Crippen LogP contribution >= 0.6 is 27.3 Å². The minimum Gasteiger partial charge on any atom is -0.309 e. The standard InChI is InChI=1S/C14H22BrNS/c1-9(12-10(15)6-7-17-12)16-8-11-13(2,3)14(11,4)5/h6-7,9,11,16H,8H2,1-5H3. The molecule has 0 aromatic carbocycles. The molecule has 1 fully saturated rings. The number of hydrogen-bond acceptors (Lipinski definition) is 2. The van der Waals surface area contributed by atoms with Crippen LogP contribution in [0.3, 0.4) is 0 Å². The fourth-order valence-electron chi connectivity index (χ4n) is 2.85. The molecule has 1 aliphatic rings. The van der Waals surface area contributed by atoms with E-state index >= 15 is 0 Å². The number of thiophene rings is 1. The number of nitrogens with one attached hydrogen (secondary N) is 1. The summed E-state index contributed by atoms with van der Waals surface area (Å²) in [5.74, 6) is 0.788. The minimum atomic E-state index is 0.441. The molecule has 1 saturated carbocycles. The van der Waals surface area contributed by atoms with Gasteiger partial charge < -0.3 is 5.32 Å². The maximum Gasteiger partial charge on any atom is 0.0397 e. The quantitative estimate of drug-likeness (QED) is 0.838. The van der Waals surface area contributed by atoms with Gasteiger partial charge in [-0.15, -0.1) is 11.3 Å². The zero-order chi connectivity index (χ0) is 12.8. The van der Waals surface area contributed by atoms with Crippen molar-refractivity contribution < 1.29 is 0 Å². The number of hydrogen-bond donors (Lipinski definition) is 1. The van der Waals surface area contributed by atoms with Crippen LogP contribution in [0.4, 0.5) is 0 Å². The first-order chi connectivity index (χ1) is 7.78. The minimum absolute atomic E-state index is 0.441. The molecule has 17 heavy (non-hydrogen) atoms. The van der Waals surface area contributed by atoms with E-state index in [1.807, 2.05) is 11.3 Å². The SMILES string of the molecule is CC(NCC1C(C)(C)C1(C)C)c1sccc1Br. The van der Waals surface area contributed by atoms with Gasteiger partial charge in [-0.25, -0.2) is 0 Å². The maximum absolute atomic E-state index is 3.68. The summed E-state index contributed by atoms with van der Waals surface area (Å²) in [5, 5.41) is 5.82. The van der Waals surface area contributed by atoms with E-state index in [1.165, 1.54) is 9.35 Å². The number of halogens is 1. The Kier molecular flexibility index (Phi) is 3.48. The Labute approximate surface area is 117 Å². The predicted molar refractivity (Wildman–Crippen MR) is 79.5 cm³/mol. The molecule has 0 aliphatic heterocycles. The van der Waals surface area contributed by atoms with E-state index in [2.05, 4.69) is 67.3 Å². The molecule has 96 valence electrons. The molecule has 1 aromatic heterocycles. The molecule has 0 amide bonds. The highest BCUT2D eigenvalue weighted by Gasteiger charge is 2.63. The van der Waals surface area contributed by atoms with Crippen molar-refractivity contribution in [3.8, 4) is 0 Å². The molecule has 2 rings (SSSR count). The van der Waals surface area contributed by atoms with Crippen molar-refractivity contribution in [2.24, 2.45) is 16.7 Å². The van der Waals surface area contributed by atoms with E-state index in [1.54, 1.807) is 0 Å².